The van der Waals surface area contributed by atoms with Gasteiger partial charge in [-0.2, -0.15) is 5.26 Å². The van der Waals surface area contributed by atoms with Crippen LogP contribution in [-0.4, -0.2) is 65.5 Å². The summed E-state index contributed by atoms with van der Waals surface area (Å²) < 4.78 is 36.3. The minimum Gasteiger partial charge on any atom is -0.485 e. The summed E-state index contributed by atoms with van der Waals surface area (Å²) in [7, 11) is -4.61. The Hall–Kier alpha value is -1.99. The van der Waals surface area contributed by atoms with E-state index in [0.29, 0.717) is 42.9 Å². The largest absolute Gasteiger partial charge is 0.485 e. The number of phosphoric acid groups is 1. The smallest absolute Gasteiger partial charge is 0.472 e. The number of aliphatic hydroxyl groups is 1. The zero-order chi connectivity index (χ0) is 27.6. The van der Waals surface area contributed by atoms with Crippen molar-refractivity contribution in [2.24, 2.45) is 10.8 Å². The fraction of sp³-hybridized carbons (Fsp3) is 0.692. The Labute approximate surface area is 219 Å². The Balaban J connectivity index is 1.81. The predicted octanol–water partition coefficient (Wildman–Crippen LogP) is 3.96. The number of rotatable bonds is 11. The number of carbonyl (C=O) groups excluding carboxylic acids is 1. The first-order valence-electron chi connectivity index (χ1n) is 12.5. The Morgan fingerprint density at radius 1 is 1.22 bits per heavy atom. The van der Waals surface area contributed by atoms with Gasteiger partial charge in [0.15, 0.2) is 0 Å². The normalized spacial score (nSPS) is 23.2. The summed E-state index contributed by atoms with van der Waals surface area (Å²) >= 11 is 0. The molecule has 2 aliphatic rings. The summed E-state index contributed by atoms with van der Waals surface area (Å²) in [5.74, 6) is 0.397. The van der Waals surface area contributed by atoms with Crippen LogP contribution in [0.3, 0.4) is 0 Å². The molecule has 37 heavy (non-hydrogen) atoms. The zero-order valence-corrected chi connectivity index (χ0v) is 23.4. The van der Waals surface area contributed by atoms with Crippen molar-refractivity contribution < 1.29 is 37.9 Å². The van der Waals surface area contributed by atoms with Gasteiger partial charge < -0.3 is 24.4 Å². The highest BCUT2D eigenvalue weighted by atomic mass is 31.2. The molecule has 2 heterocycles. The highest BCUT2D eigenvalue weighted by Gasteiger charge is 2.52. The maximum atomic E-state index is 13.2. The molecule has 3 rings (SSSR count). The number of amides is 1. The minimum absolute atomic E-state index is 0.0253. The molecule has 1 fully saturated rings. The molecule has 2 aliphatic heterocycles. The third-order valence-electron chi connectivity index (χ3n) is 6.53. The fourth-order valence-corrected chi connectivity index (χ4v) is 5.66. The highest BCUT2D eigenvalue weighted by molar-refractivity contribution is 7.47. The molecule has 0 spiro atoms. The molecule has 11 heteroatoms. The Kier molecular flexibility index (Phi) is 8.80. The van der Waals surface area contributed by atoms with Gasteiger partial charge in [-0.1, -0.05) is 27.7 Å². The van der Waals surface area contributed by atoms with Crippen LogP contribution in [0.25, 0.3) is 0 Å². The van der Waals surface area contributed by atoms with Crippen molar-refractivity contribution in [1.82, 2.24) is 4.90 Å². The molecule has 1 amide bonds. The van der Waals surface area contributed by atoms with Crippen molar-refractivity contribution in [2.75, 3.05) is 33.0 Å². The van der Waals surface area contributed by atoms with E-state index in [1.54, 1.807) is 36.9 Å². The number of benzene rings is 1. The van der Waals surface area contributed by atoms with Crippen LogP contribution >= 0.6 is 7.82 Å². The molecule has 0 saturated carbocycles. The topological polar surface area (TPSA) is 139 Å². The monoisotopic (exact) mass is 538 g/mol. The number of hydrogen-bond donors (Lipinski definition) is 2. The highest BCUT2D eigenvalue weighted by Crippen LogP contribution is 2.54. The van der Waals surface area contributed by atoms with Crippen molar-refractivity contribution in [2.45, 2.75) is 72.1 Å². The van der Waals surface area contributed by atoms with Crippen molar-refractivity contribution in [1.29, 1.82) is 5.26 Å². The molecular weight excluding hydrogens is 499 g/mol. The van der Waals surface area contributed by atoms with Gasteiger partial charge >= 0.3 is 7.82 Å². The van der Waals surface area contributed by atoms with Crippen LogP contribution in [0.5, 0.6) is 5.75 Å². The van der Waals surface area contributed by atoms with Gasteiger partial charge in [0.25, 0.3) is 0 Å². The molecule has 0 aliphatic carbocycles. The van der Waals surface area contributed by atoms with Crippen LogP contribution in [0.2, 0.25) is 0 Å². The van der Waals surface area contributed by atoms with Crippen LogP contribution < -0.4 is 4.74 Å². The first-order chi connectivity index (χ1) is 17.1. The first kappa shape index (κ1) is 29.6. The van der Waals surface area contributed by atoms with E-state index in [2.05, 4.69) is 6.07 Å². The van der Waals surface area contributed by atoms with Crippen LogP contribution in [0.4, 0.5) is 0 Å². The minimum atomic E-state index is -4.61. The molecule has 0 bridgehead atoms. The molecule has 10 nitrogen and oxygen atoms in total. The number of aliphatic hydroxyl groups excluding tert-OH is 1. The number of nitriles is 1. The Morgan fingerprint density at radius 2 is 1.89 bits per heavy atom. The SMILES string of the molecule is CC(C)(CO)COCC(C)(C)COP(=O)(O)O[C@H]1[C@H](N2CCCC2=O)c2cc(C#N)ccc2OC1(C)C. The van der Waals surface area contributed by atoms with Crippen LogP contribution in [-0.2, 0) is 23.1 Å². The molecule has 1 aromatic carbocycles. The van der Waals surface area contributed by atoms with Crippen LogP contribution in [0.15, 0.2) is 18.2 Å². The van der Waals surface area contributed by atoms with Crippen LogP contribution in [0.1, 0.15) is 71.6 Å². The number of likely N-dealkylation sites (tertiary alicyclic amines) is 1. The summed E-state index contributed by atoms with van der Waals surface area (Å²) in [6, 6.07) is 6.30. The summed E-state index contributed by atoms with van der Waals surface area (Å²) in [6.45, 7) is 11.7. The molecule has 1 aromatic rings. The average Bonchev–Trinajstić information content (AvgIpc) is 3.23. The van der Waals surface area contributed by atoms with Gasteiger partial charge in [0.2, 0.25) is 5.91 Å². The summed E-state index contributed by atoms with van der Waals surface area (Å²) in [5.41, 5.74) is -1.18. The number of nitrogens with zero attached hydrogens (tertiary/aromatic N) is 2. The molecule has 1 saturated heterocycles. The molecule has 3 atom stereocenters. The Morgan fingerprint density at radius 3 is 2.49 bits per heavy atom. The van der Waals surface area contributed by atoms with E-state index < -0.39 is 36.4 Å². The maximum Gasteiger partial charge on any atom is 0.472 e. The second-order valence-corrected chi connectivity index (χ2v) is 13.4. The number of phosphoric ester groups is 1. The van der Waals surface area contributed by atoms with E-state index in [-0.39, 0.29) is 25.7 Å². The Bertz CT molecular complexity index is 1080. The van der Waals surface area contributed by atoms with E-state index >= 15 is 0 Å². The second-order valence-electron chi connectivity index (χ2n) is 12.0. The lowest BCUT2D eigenvalue weighted by atomic mass is 9.85. The van der Waals surface area contributed by atoms with Gasteiger partial charge in [0.05, 0.1) is 44.1 Å². The third-order valence-corrected chi connectivity index (χ3v) is 7.48. The van der Waals surface area contributed by atoms with Crippen molar-refractivity contribution >= 4 is 13.7 Å². The van der Waals surface area contributed by atoms with Gasteiger partial charge in [-0.25, -0.2) is 4.57 Å². The molecule has 0 radical (unpaired) electrons. The lowest BCUT2D eigenvalue weighted by Gasteiger charge is -2.47. The van der Waals surface area contributed by atoms with E-state index in [4.69, 9.17) is 18.5 Å². The van der Waals surface area contributed by atoms with Gasteiger partial charge in [-0.3, -0.25) is 13.8 Å². The van der Waals surface area contributed by atoms with E-state index in [1.165, 1.54) is 0 Å². The molecular formula is C26H39N2O8P. The summed E-state index contributed by atoms with van der Waals surface area (Å²) in [5, 5.41) is 18.8. The number of carbonyl (C=O) groups is 1. The number of fused-ring (bicyclic) bond motifs is 1. The van der Waals surface area contributed by atoms with Gasteiger partial charge in [0, 0.05) is 29.4 Å². The molecule has 2 N–H and O–H groups in total. The van der Waals surface area contributed by atoms with E-state index in [1.807, 2.05) is 27.7 Å². The number of hydrogen-bond acceptors (Lipinski definition) is 8. The fourth-order valence-electron chi connectivity index (χ4n) is 4.43. The van der Waals surface area contributed by atoms with Gasteiger partial charge in [-0.05, 0) is 38.5 Å². The molecule has 1 unspecified atom stereocenters. The van der Waals surface area contributed by atoms with E-state index in [9.17, 15) is 24.6 Å². The van der Waals surface area contributed by atoms with Crippen molar-refractivity contribution in [3.63, 3.8) is 0 Å². The van der Waals surface area contributed by atoms with Crippen LogP contribution in [0, 0.1) is 22.2 Å². The first-order valence-corrected chi connectivity index (χ1v) is 14.0. The lowest BCUT2D eigenvalue weighted by Crippen LogP contribution is -2.54. The standard InChI is InChI=1S/C26H39N2O8P/c1-24(2,14-29)15-33-16-25(3,4)17-34-37(31,32)36-23-22(28-11-7-8-21(28)30)19-12-18(13-27)9-10-20(19)35-26(23,5)6/h9-10,12,22-23,29H,7-8,11,14-17H2,1-6H3,(H,31,32)/t22-,23+/m1/s1. The zero-order valence-electron chi connectivity index (χ0n) is 22.5. The maximum absolute atomic E-state index is 13.2. The summed E-state index contributed by atoms with van der Waals surface area (Å²) in [6.07, 6.45) is -0.0196. The van der Waals surface area contributed by atoms with Gasteiger partial charge in [0.1, 0.15) is 17.5 Å². The van der Waals surface area contributed by atoms with Crippen molar-refractivity contribution in [3.05, 3.63) is 29.3 Å². The predicted molar refractivity (Wildman–Crippen MR) is 136 cm³/mol. The third kappa shape index (κ3) is 7.32. The average molecular weight is 539 g/mol. The quantitative estimate of drug-likeness (QED) is 0.401. The molecule has 0 aromatic heterocycles. The summed E-state index contributed by atoms with van der Waals surface area (Å²) in [4.78, 5) is 25.2. The van der Waals surface area contributed by atoms with Crippen molar-refractivity contribution in [3.8, 4) is 11.8 Å². The lowest BCUT2D eigenvalue weighted by molar-refractivity contribution is -0.139. The van der Waals surface area contributed by atoms with Gasteiger partial charge in [-0.15, -0.1) is 0 Å². The van der Waals surface area contributed by atoms with E-state index in [0.717, 1.165) is 0 Å². The second kappa shape index (κ2) is 11.0. The molecule has 206 valence electrons. The number of ether oxygens (including phenoxy) is 2.